The summed E-state index contributed by atoms with van der Waals surface area (Å²) in [5.74, 6) is -0.0634. The highest BCUT2D eigenvalue weighted by molar-refractivity contribution is 5.95. The maximum Gasteiger partial charge on any atom is 0.349 e. The van der Waals surface area contributed by atoms with Gasteiger partial charge in [0.2, 0.25) is 0 Å². The highest BCUT2D eigenvalue weighted by atomic mass is 19.1. The Morgan fingerprint density at radius 3 is 2.45 bits per heavy atom. The Morgan fingerprint density at radius 1 is 1.10 bits per heavy atom. The van der Waals surface area contributed by atoms with Crippen molar-refractivity contribution in [2.75, 3.05) is 6.54 Å². The lowest BCUT2D eigenvalue weighted by Crippen LogP contribution is -2.46. The summed E-state index contributed by atoms with van der Waals surface area (Å²) in [4.78, 5) is 27.2. The van der Waals surface area contributed by atoms with Gasteiger partial charge >= 0.3 is 5.63 Å². The van der Waals surface area contributed by atoms with Gasteiger partial charge in [-0.25, -0.2) is 9.18 Å². The first-order valence-corrected chi connectivity index (χ1v) is 9.77. The Labute approximate surface area is 168 Å². The molecule has 2 heterocycles. The molecule has 2 aromatic carbocycles. The number of hydrogen-bond acceptors (Lipinski definition) is 3. The molecule has 148 valence electrons. The fourth-order valence-electron chi connectivity index (χ4n) is 3.77. The van der Waals surface area contributed by atoms with Crippen LogP contribution in [0.3, 0.4) is 0 Å². The zero-order chi connectivity index (χ0) is 20.4. The normalized spacial score (nSPS) is 15.8. The van der Waals surface area contributed by atoms with Crippen molar-refractivity contribution in [1.82, 2.24) is 4.90 Å². The van der Waals surface area contributed by atoms with E-state index < -0.39 is 5.63 Å². The smallest absolute Gasteiger partial charge is 0.349 e. The molecule has 1 saturated heterocycles. The van der Waals surface area contributed by atoms with Gasteiger partial charge in [0.15, 0.2) is 0 Å². The predicted octanol–water partition coefficient (Wildman–Crippen LogP) is 4.46. The van der Waals surface area contributed by atoms with Crippen LogP contribution in [0.25, 0.3) is 0 Å². The van der Waals surface area contributed by atoms with Gasteiger partial charge in [0, 0.05) is 13.0 Å². The SMILES string of the molecule is Cc1cc(CCc2ccccc2)oc(=O)c1C(=O)N1CCC1c1ccc(F)cc1. The summed E-state index contributed by atoms with van der Waals surface area (Å²) in [5.41, 5.74) is 2.14. The van der Waals surface area contributed by atoms with Crippen molar-refractivity contribution in [3.63, 3.8) is 0 Å². The monoisotopic (exact) mass is 391 g/mol. The Hall–Kier alpha value is -3.21. The molecule has 4 rings (SSSR count). The maximum absolute atomic E-state index is 13.2. The van der Waals surface area contributed by atoms with Gasteiger partial charge in [-0.15, -0.1) is 0 Å². The Morgan fingerprint density at radius 2 is 1.83 bits per heavy atom. The maximum atomic E-state index is 13.2. The first-order chi connectivity index (χ1) is 14.0. The van der Waals surface area contributed by atoms with E-state index in [0.29, 0.717) is 24.3 Å². The third-order valence-corrected chi connectivity index (χ3v) is 5.45. The molecule has 1 aromatic heterocycles. The van der Waals surface area contributed by atoms with Crippen LogP contribution in [0.2, 0.25) is 0 Å². The number of aryl methyl sites for hydroxylation is 3. The van der Waals surface area contributed by atoms with Crippen LogP contribution >= 0.6 is 0 Å². The molecule has 0 bridgehead atoms. The number of rotatable bonds is 5. The zero-order valence-electron chi connectivity index (χ0n) is 16.2. The van der Waals surface area contributed by atoms with Crippen LogP contribution in [0.15, 0.2) is 69.9 Å². The minimum Gasteiger partial charge on any atom is -0.427 e. The molecule has 1 aliphatic heterocycles. The molecule has 0 spiro atoms. The van der Waals surface area contributed by atoms with E-state index in [1.54, 1.807) is 30.0 Å². The van der Waals surface area contributed by atoms with Gasteiger partial charge in [-0.2, -0.15) is 0 Å². The topological polar surface area (TPSA) is 50.5 Å². The van der Waals surface area contributed by atoms with E-state index >= 15 is 0 Å². The van der Waals surface area contributed by atoms with Crippen LogP contribution in [-0.2, 0) is 12.8 Å². The first-order valence-electron chi connectivity index (χ1n) is 9.77. The summed E-state index contributed by atoms with van der Waals surface area (Å²) >= 11 is 0. The molecular formula is C24H22FNO3. The minimum absolute atomic E-state index is 0.0836. The number of carbonyl (C=O) groups excluding carboxylic acids is 1. The highest BCUT2D eigenvalue weighted by Crippen LogP contribution is 2.34. The minimum atomic E-state index is -0.595. The molecule has 3 aromatic rings. The average Bonchev–Trinajstić information content (AvgIpc) is 2.67. The predicted molar refractivity (Wildman–Crippen MR) is 108 cm³/mol. The van der Waals surface area contributed by atoms with Gasteiger partial charge in [-0.3, -0.25) is 4.79 Å². The molecule has 0 N–H and O–H groups in total. The van der Waals surface area contributed by atoms with Crippen molar-refractivity contribution in [1.29, 1.82) is 0 Å². The lowest BCUT2D eigenvalue weighted by Gasteiger charge is -2.41. The van der Waals surface area contributed by atoms with Crippen molar-refractivity contribution in [3.8, 4) is 0 Å². The molecule has 29 heavy (non-hydrogen) atoms. The summed E-state index contributed by atoms with van der Waals surface area (Å²) < 4.78 is 18.6. The highest BCUT2D eigenvalue weighted by Gasteiger charge is 2.36. The summed E-state index contributed by atoms with van der Waals surface area (Å²) in [7, 11) is 0. The van der Waals surface area contributed by atoms with Crippen LogP contribution in [0.4, 0.5) is 4.39 Å². The molecule has 1 atom stereocenters. The number of likely N-dealkylation sites (tertiary alicyclic amines) is 1. The van der Waals surface area contributed by atoms with Crippen molar-refractivity contribution in [2.45, 2.75) is 32.2 Å². The summed E-state index contributed by atoms with van der Waals surface area (Å²) in [5, 5.41) is 0. The van der Waals surface area contributed by atoms with Crippen molar-refractivity contribution in [3.05, 3.63) is 105 Å². The van der Waals surface area contributed by atoms with Gasteiger partial charge in [0.1, 0.15) is 17.1 Å². The quantitative estimate of drug-likeness (QED) is 0.645. The number of halogens is 1. The van der Waals surface area contributed by atoms with Crippen LogP contribution < -0.4 is 5.63 Å². The third-order valence-electron chi connectivity index (χ3n) is 5.45. The Bertz CT molecular complexity index is 1070. The molecule has 1 aliphatic rings. The average molecular weight is 391 g/mol. The van der Waals surface area contributed by atoms with E-state index in [2.05, 4.69) is 0 Å². The number of carbonyl (C=O) groups is 1. The summed E-state index contributed by atoms with van der Waals surface area (Å²) in [6.45, 7) is 2.33. The molecule has 5 heteroatoms. The van der Waals surface area contributed by atoms with Crippen molar-refractivity contribution < 1.29 is 13.6 Å². The number of benzene rings is 2. The standard InChI is InChI=1S/C24H22FNO3/c1-16-15-20(12-7-17-5-3-2-4-6-17)29-24(28)22(16)23(27)26-14-13-21(26)18-8-10-19(25)11-9-18/h2-6,8-11,15,21H,7,12-14H2,1H3. The first kappa shape index (κ1) is 19.1. The number of amides is 1. The second-order valence-electron chi connectivity index (χ2n) is 7.40. The van der Waals surface area contributed by atoms with E-state index in [1.807, 2.05) is 30.3 Å². The van der Waals surface area contributed by atoms with Gasteiger partial charge in [-0.05, 0) is 54.7 Å². The third kappa shape index (κ3) is 3.99. The Kier molecular flexibility index (Phi) is 5.30. The van der Waals surface area contributed by atoms with Crippen LogP contribution in [0.5, 0.6) is 0 Å². The van der Waals surface area contributed by atoms with Crippen molar-refractivity contribution >= 4 is 5.91 Å². The largest absolute Gasteiger partial charge is 0.427 e. The summed E-state index contributed by atoms with van der Waals surface area (Å²) in [6, 6.07) is 17.8. The number of hydrogen-bond donors (Lipinski definition) is 0. The number of nitrogens with zero attached hydrogens (tertiary/aromatic N) is 1. The molecular weight excluding hydrogens is 369 g/mol. The fourth-order valence-corrected chi connectivity index (χ4v) is 3.77. The van der Waals surface area contributed by atoms with Crippen molar-refractivity contribution in [2.24, 2.45) is 0 Å². The van der Waals surface area contributed by atoms with Gasteiger partial charge in [-0.1, -0.05) is 42.5 Å². The van der Waals surface area contributed by atoms with E-state index in [0.717, 1.165) is 24.0 Å². The van der Waals surface area contributed by atoms with Crippen LogP contribution in [-0.4, -0.2) is 17.4 Å². The molecule has 1 unspecified atom stereocenters. The molecule has 4 nitrogen and oxygen atoms in total. The van der Waals surface area contributed by atoms with Gasteiger partial charge < -0.3 is 9.32 Å². The Balaban J connectivity index is 1.51. The van der Waals surface area contributed by atoms with E-state index in [1.165, 1.54) is 12.1 Å². The second kappa shape index (κ2) is 8.03. The molecule has 0 aliphatic carbocycles. The fraction of sp³-hybridized carbons (Fsp3) is 0.250. The molecule has 0 radical (unpaired) electrons. The molecule has 1 amide bonds. The lowest BCUT2D eigenvalue weighted by molar-refractivity contribution is 0.0454. The van der Waals surface area contributed by atoms with Crippen LogP contribution in [0.1, 0.15) is 45.3 Å². The van der Waals surface area contributed by atoms with E-state index in [-0.39, 0.29) is 23.3 Å². The lowest BCUT2D eigenvalue weighted by atomic mass is 9.93. The van der Waals surface area contributed by atoms with Gasteiger partial charge in [0.25, 0.3) is 5.91 Å². The van der Waals surface area contributed by atoms with E-state index in [9.17, 15) is 14.0 Å². The van der Waals surface area contributed by atoms with E-state index in [4.69, 9.17) is 4.42 Å². The zero-order valence-corrected chi connectivity index (χ0v) is 16.2. The van der Waals surface area contributed by atoms with Crippen LogP contribution in [0, 0.1) is 12.7 Å². The second-order valence-corrected chi connectivity index (χ2v) is 7.40. The molecule has 1 fully saturated rings. The summed E-state index contributed by atoms with van der Waals surface area (Å²) in [6.07, 6.45) is 2.14. The van der Waals surface area contributed by atoms with Gasteiger partial charge in [0.05, 0.1) is 6.04 Å². The molecule has 0 saturated carbocycles.